The number of aromatic amines is 1. The van der Waals surface area contributed by atoms with Crippen molar-refractivity contribution in [3.8, 4) is 11.1 Å². The first-order valence-corrected chi connectivity index (χ1v) is 9.46. The third-order valence-electron chi connectivity index (χ3n) is 4.91. The molecule has 0 bridgehead atoms. The Hall–Kier alpha value is -3.51. The molecule has 0 unspecified atom stereocenters. The lowest BCUT2D eigenvalue weighted by Gasteiger charge is -2.23. The van der Waals surface area contributed by atoms with Gasteiger partial charge in [0.1, 0.15) is 0 Å². The Bertz CT molecular complexity index is 1090. The van der Waals surface area contributed by atoms with E-state index < -0.39 is 0 Å². The van der Waals surface area contributed by atoms with E-state index in [4.69, 9.17) is 4.74 Å². The number of pyridine rings is 1. The Balaban J connectivity index is 1.73. The third-order valence-corrected chi connectivity index (χ3v) is 4.91. The van der Waals surface area contributed by atoms with Crippen LogP contribution in [0.4, 0.5) is 0 Å². The number of aromatic nitrogens is 3. The van der Waals surface area contributed by atoms with Crippen LogP contribution in [0.3, 0.4) is 0 Å². The molecule has 0 saturated carbocycles. The Kier molecular flexibility index (Phi) is 5.63. The first kappa shape index (κ1) is 18.8. The topological polar surface area (TPSA) is 71.1 Å². The van der Waals surface area contributed by atoms with E-state index in [1.807, 2.05) is 54.7 Å². The van der Waals surface area contributed by atoms with Gasteiger partial charge in [0.25, 0.3) is 5.91 Å². The molecule has 4 rings (SSSR count). The third kappa shape index (κ3) is 4.02. The SMILES string of the molecule is COCCN(Cc1cccnc1)C(=O)c1ccc(-c2cn[nH]c2)c2ccccc12. The highest BCUT2D eigenvalue weighted by atomic mass is 16.5. The Morgan fingerprint density at radius 3 is 2.66 bits per heavy atom. The largest absolute Gasteiger partial charge is 0.383 e. The highest BCUT2D eigenvalue weighted by molar-refractivity contribution is 6.10. The summed E-state index contributed by atoms with van der Waals surface area (Å²) in [5, 5.41) is 8.85. The van der Waals surface area contributed by atoms with Crippen molar-refractivity contribution in [2.45, 2.75) is 6.54 Å². The number of nitrogens with zero attached hydrogens (tertiary/aromatic N) is 3. The fraction of sp³-hybridized carbons (Fsp3) is 0.174. The van der Waals surface area contributed by atoms with E-state index in [2.05, 4.69) is 15.2 Å². The maximum atomic E-state index is 13.5. The lowest BCUT2D eigenvalue weighted by Crippen LogP contribution is -2.33. The number of carbonyl (C=O) groups excluding carboxylic acids is 1. The Morgan fingerprint density at radius 1 is 1.07 bits per heavy atom. The van der Waals surface area contributed by atoms with Crippen molar-refractivity contribution in [3.05, 3.63) is 84.4 Å². The van der Waals surface area contributed by atoms with Crippen LogP contribution >= 0.6 is 0 Å². The molecule has 0 aliphatic heterocycles. The summed E-state index contributed by atoms with van der Waals surface area (Å²) < 4.78 is 5.23. The number of amides is 1. The number of ether oxygens (including phenoxy) is 1. The van der Waals surface area contributed by atoms with Crippen LogP contribution in [0.5, 0.6) is 0 Å². The number of H-pyrrole nitrogens is 1. The molecule has 0 spiro atoms. The number of hydrogen-bond acceptors (Lipinski definition) is 4. The number of carbonyl (C=O) groups is 1. The van der Waals surface area contributed by atoms with Crippen molar-refractivity contribution < 1.29 is 9.53 Å². The van der Waals surface area contributed by atoms with Crippen molar-refractivity contribution in [1.29, 1.82) is 0 Å². The monoisotopic (exact) mass is 386 g/mol. The summed E-state index contributed by atoms with van der Waals surface area (Å²) in [6.07, 6.45) is 7.16. The predicted molar refractivity (Wildman–Crippen MR) is 112 cm³/mol. The molecular weight excluding hydrogens is 364 g/mol. The zero-order valence-electron chi connectivity index (χ0n) is 16.2. The normalized spacial score (nSPS) is 10.9. The summed E-state index contributed by atoms with van der Waals surface area (Å²) in [7, 11) is 1.64. The second-order valence-electron chi connectivity index (χ2n) is 6.77. The molecule has 29 heavy (non-hydrogen) atoms. The standard InChI is InChI=1S/C23H22N4O2/c1-29-12-11-27(16-17-5-4-10-24-13-17)23(28)22-9-8-19(18-14-25-26-15-18)20-6-2-3-7-21(20)22/h2-10,13-15H,11-12,16H2,1H3,(H,25,26). The predicted octanol–water partition coefficient (Wildman–Crippen LogP) is 3.91. The van der Waals surface area contributed by atoms with Crippen molar-refractivity contribution in [3.63, 3.8) is 0 Å². The molecule has 2 aromatic carbocycles. The molecule has 2 heterocycles. The average molecular weight is 386 g/mol. The molecule has 0 aliphatic rings. The smallest absolute Gasteiger partial charge is 0.254 e. The van der Waals surface area contributed by atoms with Crippen molar-refractivity contribution >= 4 is 16.7 Å². The molecule has 0 fully saturated rings. The highest BCUT2D eigenvalue weighted by Gasteiger charge is 2.20. The van der Waals surface area contributed by atoms with E-state index in [1.54, 1.807) is 30.6 Å². The molecule has 0 radical (unpaired) electrons. The summed E-state index contributed by atoms with van der Waals surface area (Å²) in [6, 6.07) is 15.7. The molecule has 1 N–H and O–H groups in total. The summed E-state index contributed by atoms with van der Waals surface area (Å²) >= 11 is 0. The van der Waals surface area contributed by atoms with Crippen LogP contribution in [0.2, 0.25) is 0 Å². The van der Waals surface area contributed by atoms with Crippen LogP contribution in [0.25, 0.3) is 21.9 Å². The fourth-order valence-electron chi connectivity index (χ4n) is 3.47. The minimum absolute atomic E-state index is 0.0270. The van der Waals surface area contributed by atoms with E-state index in [9.17, 15) is 4.79 Å². The van der Waals surface area contributed by atoms with Gasteiger partial charge in [-0.25, -0.2) is 0 Å². The number of rotatable bonds is 7. The van der Waals surface area contributed by atoms with Gasteiger partial charge in [0.05, 0.1) is 12.8 Å². The van der Waals surface area contributed by atoms with Crippen LogP contribution in [0.15, 0.2) is 73.3 Å². The first-order chi connectivity index (χ1) is 14.3. The quantitative estimate of drug-likeness (QED) is 0.523. The molecular formula is C23H22N4O2. The number of methoxy groups -OCH3 is 1. The average Bonchev–Trinajstić information content (AvgIpc) is 3.31. The van der Waals surface area contributed by atoms with Gasteiger partial charge in [-0.2, -0.15) is 5.10 Å². The van der Waals surface area contributed by atoms with Crippen molar-refractivity contribution in [2.24, 2.45) is 0 Å². The number of fused-ring (bicyclic) bond motifs is 1. The lowest BCUT2D eigenvalue weighted by molar-refractivity contribution is 0.0682. The molecule has 146 valence electrons. The van der Waals surface area contributed by atoms with Gasteiger partial charge < -0.3 is 9.64 Å². The second kappa shape index (κ2) is 8.67. The molecule has 6 nitrogen and oxygen atoms in total. The summed E-state index contributed by atoms with van der Waals surface area (Å²) in [6.45, 7) is 1.45. The van der Waals surface area contributed by atoms with Gasteiger partial charge in [-0.05, 0) is 34.0 Å². The van der Waals surface area contributed by atoms with Crippen LogP contribution in [0, 0.1) is 0 Å². The van der Waals surface area contributed by atoms with Crippen molar-refractivity contribution in [1.82, 2.24) is 20.1 Å². The first-order valence-electron chi connectivity index (χ1n) is 9.46. The lowest BCUT2D eigenvalue weighted by atomic mass is 9.96. The summed E-state index contributed by atoms with van der Waals surface area (Å²) in [5.41, 5.74) is 3.69. The summed E-state index contributed by atoms with van der Waals surface area (Å²) in [5.74, 6) is -0.0270. The van der Waals surface area contributed by atoms with Crippen LogP contribution in [-0.4, -0.2) is 46.2 Å². The number of hydrogen-bond donors (Lipinski definition) is 1. The van der Waals surface area contributed by atoms with Gasteiger partial charge in [-0.15, -0.1) is 0 Å². The van der Waals surface area contributed by atoms with Gasteiger partial charge in [-0.3, -0.25) is 14.9 Å². The molecule has 0 atom stereocenters. The van der Waals surface area contributed by atoms with E-state index in [-0.39, 0.29) is 5.91 Å². The number of nitrogens with one attached hydrogen (secondary N) is 1. The van der Waals surface area contributed by atoms with Gasteiger partial charge in [0, 0.05) is 49.9 Å². The molecule has 0 aliphatic carbocycles. The van der Waals surface area contributed by atoms with Gasteiger partial charge in [-0.1, -0.05) is 36.4 Å². The van der Waals surface area contributed by atoms with Crippen LogP contribution < -0.4 is 0 Å². The minimum atomic E-state index is -0.0270. The van der Waals surface area contributed by atoms with Gasteiger partial charge >= 0.3 is 0 Å². The van der Waals surface area contributed by atoms with E-state index in [0.717, 1.165) is 27.5 Å². The van der Waals surface area contributed by atoms with Crippen molar-refractivity contribution in [2.75, 3.05) is 20.3 Å². The zero-order chi connectivity index (χ0) is 20.1. The van der Waals surface area contributed by atoms with E-state index in [1.165, 1.54) is 0 Å². The maximum absolute atomic E-state index is 13.5. The second-order valence-corrected chi connectivity index (χ2v) is 6.77. The molecule has 4 aromatic rings. The zero-order valence-corrected chi connectivity index (χ0v) is 16.2. The van der Waals surface area contributed by atoms with Gasteiger partial charge in [0.2, 0.25) is 0 Å². The summed E-state index contributed by atoms with van der Waals surface area (Å²) in [4.78, 5) is 19.5. The molecule has 1 amide bonds. The fourth-order valence-corrected chi connectivity index (χ4v) is 3.47. The van der Waals surface area contributed by atoms with E-state index >= 15 is 0 Å². The molecule has 6 heteroatoms. The highest BCUT2D eigenvalue weighted by Crippen LogP contribution is 2.31. The van der Waals surface area contributed by atoms with E-state index in [0.29, 0.717) is 25.3 Å². The van der Waals surface area contributed by atoms with Gasteiger partial charge in [0.15, 0.2) is 0 Å². The molecule has 2 aromatic heterocycles. The Labute approximate surface area is 169 Å². The molecule has 0 saturated heterocycles. The van der Waals surface area contributed by atoms with Crippen LogP contribution in [0.1, 0.15) is 15.9 Å². The maximum Gasteiger partial charge on any atom is 0.254 e. The number of benzene rings is 2. The van der Waals surface area contributed by atoms with Crippen LogP contribution in [-0.2, 0) is 11.3 Å². The Morgan fingerprint density at radius 2 is 1.93 bits per heavy atom. The minimum Gasteiger partial charge on any atom is -0.383 e.